The van der Waals surface area contributed by atoms with Crippen LogP contribution in [0.15, 0.2) is 0 Å². The SMILES string of the molecule is [GaH3].[O]=[Zn].[SiH3]. The molecular weight excluding hydrogens is 179 g/mol. The third kappa shape index (κ3) is 10.4. The topological polar surface area (TPSA) is 17.1 Å². The molecule has 0 aromatic heterocycles. The Morgan fingerprint density at radius 3 is 1.25 bits per heavy atom. The van der Waals surface area contributed by atoms with Crippen molar-refractivity contribution < 1.29 is 21.8 Å². The van der Waals surface area contributed by atoms with Crippen LogP contribution in [0.5, 0.6) is 0 Å². The van der Waals surface area contributed by atoms with Gasteiger partial charge < -0.3 is 0 Å². The molecule has 0 spiro atoms. The fourth-order valence-electron chi connectivity index (χ4n) is 0. The van der Waals surface area contributed by atoms with Crippen LogP contribution in [0.1, 0.15) is 0 Å². The van der Waals surface area contributed by atoms with Gasteiger partial charge in [-0.25, -0.2) is 0 Å². The standard InChI is InChI=1S/Ga.O.H3Si.Zn.3H/h;;1H3;;;;. The third-order valence-corrected chi connectivity index (χ3v) is 0. The molecule has 4 heteroatoms. The van der Waals surface area contributed by atoms with Crippen molar-refractivity contribution in [2.75, 3.05) is 0 Å². The molecule has 4 heavy (non-hydrogen) atoms. The quantitative estimate of drug-likeness (QED) is 0.382. The predicted molar refractivity (Wildman–Crippen MR) is 20.6 cm³/mol. The van der Waals surface area contributed by atoms with Crippen molar-refractivity contribution in [3.05, 3.63) is 0 Å². The molecule has 0 amide bonds. The Morgan fingerprint density at radius 2 is 1.25 bits per heavy atom. The minimum atomic E-state index is 0. The first-order chi connectivity index (χ1) is 1.00. The van der Waals surface area contributed by atoms with Crippen molar-refractivity contribution >= 4 is 30.8 Å². The molecule has 0 saturated carbocycles. The summed E-state index contributed by atoms with van der Waals surface area (Å²) in [5, 5.41) is 0. The first-order valence-corrected chi connectivity index (χ1v) is 1.50. The summed E-state index contributed by atoms with van der Waals surface area (Å²) < 4.78 is 8.38. The molecule has 0 N–H and O–H groups in total. The van der Waals surface area contributed by atoms with Crippen LogP contribution in [0, 0.1) is 0 Å². The van der Waals surface area contributed by atoms with Gasteiger partial charge in [0.2, 0.25) is 0 Å². The van der Waals surface area contributed by atoms with E-state index in [1.54, 1.807) is 0 Å². The minimum Gasteiger partial charge on any atom is -0.0125 e. The second kappa shape index (κ2) is 28.2. The van der Waals surface area contributed by atoms with Crippen molar-refractivity contribution in [2.24, 2.45) is 0 Å². The van der Waals surface area contributed by atoms with Gasteiger partial charge in [0.25, 0.3) is 0 Å². The zero-order valence-electron chi connectivity index (χ0n) is 2.12. The van der Waals surface area contributed by atoms with E-state index >= 15 is 0 Å². The second-order valence-electron chi connectivity index (χ2n) is 0. The van der Waals surface area contributed by atoms with Crippen molar-refractivity contribution in [3.8, 4) is 0 Å². The molecule has 0 bridgehead atoms. The normalized spacial score (nSPS) is 1.50. The van der Waals surface area contributed by atoms with Crippen molar-refractivity contribution in [1.82, 2.24) is 0 Å². The molecule has 0 aromatic rings. The first kappa shape index (κ1) is 18.6. The minimum absolute atomic E-state index is 0. The van der Waals surface area contributed by atoms with Crippen LogP contribution in [0.3, 0.4) is 0 Å². The van der Waals surface area contributed by atoms with E-state index in [2.05, 4.69) is 0 Å². The summed E-state index contributed by atoms with van der Waals surface area (Å²) in [4.78, 5) is 0. The molecule has 0 aliphatic carbocycles. The molecule has 0 unspecified atom stereocenters. The summed E-state index contributed by atoms with van der Waals surface area (Å²) >= 11 is 0.125. The average Bonchev–Trinajstić information content (AvgIpc) is 1.00. The Balaban J connectivity index is -0.00000000500. The van der Waals surface area contributed by atoms with E-state index in [-0.39, 0.29) is 49.0 Å². The molecular formula is H6GaOSiZn. The number of rotatable bonds is 0. The average molecular weight is 185 g/mol. The van der Waals surface area contributed by atoms with Gasteiger partial charge in [0.15, 0.2) is 0 Å². The molecule has 0 aromatic carbocycles. The Kier molecular flexibility index (Phi) is 131. The summed E-state index contributed by atoms with van der Waals surface area (Å²) in [6.07, 6.45) is 0. The Labute approximate surface area is 52.6 Å². The van der Waals surface area contributed by atoms with Crippen LogP contribution < -0.4 is 0 Å². The first-order valence-electron chi connectivity index (χ1n) is 0.289. The van der Waals surface area contributed by atoms with Crippen LogP contribution in [0.25, 0.3) is 0 Å². The summed E-state index contributed by atoms with van der Waals surface area (Å²) in [5.41, 5.74) is 0. The van der Waals surface area contributed by atoms with E-state index in [1.807, 2.05) is 0 Å². The third-order valence-electron chi connectivity index (χ3n) is 0. The Hall–Kier alpha value is 1.28. The summed E-state index contributed by atoms with van der Waals surface area (Å²) in [7, 11) is 0. The molecule has 0 fully saturated rings. The van der Waals surface area contributed by atoms with Crippen LogP contribution >= 0.6 is 0 Å². The predicted octanol–water partition coefficient (Wildman–Crippen LogP) is -2.49. The molecule has 0 aliphatic rings. The molecule has 0 rings (SSSR count). The van der Waals surface area contributed by atoms with Gasteiger partial charge >= 0.3 is 41.6 Å². The maximum absolute atomic E-state index is 8.38. The van der Waals surface area contributed by atoms with Crippen molar-refractivity contribution in [3.63, 3.8) is 0 Å². The van der Waals surface area contributed by atoms with Gasteiger partial charge in [0.05, 0.1) is 0 Å². The molecule has 1 nitrogen and oxygen atoms in total. The molecule has 0 heterocycles. The number of hydrogen-bond acceptors (Lipinski definition) is 1. The summed E-state index contributed by atoms with van der Waals surface area (Å²) in [6, 6.07) is 0. The smallest absolute Gasteiger partial charge is 0.0125 e. The summed E-state index contributed by atoms with van der Waals surface area (Å²) in [5.74, 6) is 0. The van der Waals surface area contributed by atoms with E-state index in [4.69, 9.17) is 3.57 Å². The van der Waals surface area contributed by atoms with E-state index in [0.29, 0.717) is 0 Å². The van der Waals surface area contributed by atoms with Crippen LogP contribution in [-0.2, 0) is 21.8 Å². The second-order valence-corrected chi connectivity index (χ2v) is 0. The van der Waals surface area contributed by atoms with Gasteiger partial charge in [-0.15, -0.1) is 0 Å². The van der Waals surface area contributed by atoms with Crippen LogP contribution in [-0.4, -0.2) is 30.8 Å². The van der Waals surface area contributed by atoms with E-state index in [0.717, 1.165) is 0 Å². The maximum atomic E-state index is 8.38. The zero-order chi connectivity index (χ0) is 2.00. The summed E-state index contributed by atoms with van der Waals surface area (Å²) in [6.45, 7) is 0. The molecule has 1 radical (unpaired) electrons. The zero-order valence-corrected chi connectivity index (χ0v) is 7.08. The molecule has 0 saturated heterocycles. The van der Waals surface area contributed by atoms with E-state index in [9.17, 15) is 0 Å². The van der Waals surface area contributed by atoms with Crippen LogP contribution in [0.2, 0.25) is 0 Å². The monoisotopic (exact) mass is 183 g/mol. The van der Waals surface area contributed by atoms with E-state index in [1.165, 1.54) is 0 Å². The van der Waals surface area contributed by atoms with E-state index < -0.39 is 0 Å². The fraction of sp³-hybridized carbons (Fsp3) is 0. The fourth-order valence-corrected chi connectivity index (χ4v) is 0. The van der Waals surface area contributed by atoms with Gasteiger partial charge in [0.1, 0.15) is 0 Å². The van der Waals surface area contributed by atoms with Gasteiger partial charge in [-0.05, 0) is 11.0 Å². The van der Waals surface area contributed by atoms with Crippen LogP contribution in [0.4, 0.5) is 0 Å². The van der Waals surface area contributed by atoms with Gasteiger partial charge in [-0.3, -0.25) is 0 Å². The van der Waals surface area contributed by atoms with Crippen molar-refractivity contribution in [1.29, 1.82) is 0 Å². The Bertz CT molecular complexity index is 8.00. The molecule has 0 atom stereocenters. The van der Waals surface area contributed by atoms with Gasteiger partial charge in [-0.1, -0.05) is 0 Å². The van der Waals surface area contributed by atoms with Gasteiger partial charge in [0, 0.05) is 0 Å². The molecule has 21 valence electrons. The van der Waals surface area contributed by atoms with Crippen molar-refractivity contribution in [2.45, 2.75) is 0 Å². The maximum Gasteiger partial charge on any atom is -0.0125 e. The molecule has 0 aliphatic heterocycles. The largest absolute Gasteiger partial charge is 0.0125 e. The number of hydrogen-bond donors (Lipinski definition) is 0. The van der Waals surface area contributed by atoms with Gasteiger partial charge in [-0.2, -0.15) is 0 Å². The Morgan fingerprint density at radius 1 is 1.25 bits per heavy atom.